The lowest BCUT2D eigenvalue weighted by atomic mass is 10.1. The van der Waals surface area contributed by atoms with Gasteiger partial charge in [-0.05, 0) is 49.2 Å². The molecule has 1 amide bonds. The van der Waals surface area contributed by atoms with E-state index in [4.69, 9.17) is 14.2 Å². The SMILES string of the molecule is CCN1CCC[C@@H]1CN(Cc1ccc2c(c1)OCO2)C(=O)[C@H](OC)c1ccccc1. The van der Waals surface area contributed by atoms with Crippen molar-refractivity contribution in [3.63, 3.8) is 0 Å². The summed E-state index contributed by atoms with van der Waals surface area (Å²) in [7, 11) is 1.60. The highest BCUT2D eigenvalue weighted by Crippen LogP contribution is 2.33. The Kier molecular flexibility index (Phi) is 6.55. The molecule has 0 unspecified atom stereocenters. The molecule has 6 heteroatoms. The average Bonchev–Trinajstić information content (AvgIpc) is 3.43. The van der Waals surface area contributed by atoms with Crippen molar-refractivity contribution in [3.8, 4) is 11.5 Å². The van der Waals surface area contributed by atoms with E-state index in [1.807, 2.05) is 53.4 Å². The van der Waals surface area contributed by atoms with Crippen LogP contribution in [0.25, 0.3) is 0 Å². The highest BCUT2D eigenvalue weighted by molar-refractivity contribution is 5.82. The number of rotatable bonds is 8. The molecule has 1 saturated heterocycles. The summed E-state index contributed by atoms with van der Waals surface area (Å²) in [5.74, 6) is 1.48. The third-order valence-electron chi connectivity index (χ3n) is 6.02. The second kappa shape index (κ2) is 9.49. The number of fused-ring (bicyclic) bond motifs is 1. The highest BCUT2D eigenvalue weighted by atomic mass is 16.7. The maximum Gasteiger partial charge on any atom is 0.256 e. The van der Waals surface area contributed by atoms with Crippen molar-refractivity contribution in [1.82, 2.24) is 9.80 Å². The molecule has 1 fully saturated rings. The van der Waals surface area contributed by atoms with Crippen LogP contribution in [0.3, 0.4) is 0 Å². The van der Waals surface area contributed by atoms with Crippen LogP contribution in [0.4, 0.5) is 0 Å². The van der Waals surface area contributed by atoms with Crippen LogP contribution >= 0.6 is 0 Å². The van der Waals surface area contributed by atoms with Crippen molar-refractivity contribution < 1.29 is 19.0 Å². The van der Waals surface area contributed by atoms with Crippen molar-refractivity contribution in [2.24, 2.45) is 0 Å². The molecule has 160 valence electrons. The summed E-state index contributed by atoms with van der Waals surface area (Å²) >= 11 is 0. The minimum absolute atomic E-state index is 0.00989. The molecular weight excluding hydrogens is 380 g/mol. The lowest BCUT2D eigenvalue weighted by Gasteiger charge is -2.32. The molecule has 2 atom stereocenters. The van der Waals surface area contributed by atoms with E-state index in [0.29, 0.717) is 19.1 Å². The molecule has 2 heterocycles. The number of nitrogens with zero attached hydrogens (tertiary/aromatic N) is 2. The topological polar surface area (TPSA) is 51.2 Å². The Morgan fingerprint density at radius 1 is 1.20 bits per heavy atom. The van der Waals surface area contributed by atoms with E-state index in [9.17, 15) is 4.79 Å². The first kappa shape index (κ1) is 20.7. The number of benzene rings is 2. The highest BCUT2D eigenvalue weighted by Gasteiger charge is 2.31. The second-order valence-electron chi connectivity index (χ2n) is 7.86. The van der Waals surface area contributed by atoms with Crippen molar-refractivity contribution in [2.75, 3.05) is 33.5 Å². The van der Waals surface area contributed by atoms with Gasteiger partial charge in [0, 0.05) is 26.2 Å². The Bertz CT molecular complexity index is 858. The summed E-state index contributed by atoms with van der Waals surface area (Å²) in [5, 5.41) is 0. The first-order valence-electron chi connectivity index (χ1n) is 10.7. The molecule has 2 aromatic rings. The van der Waals surface area contributed by atoms with E-state index in [-0.39, 0.29) is 12.7 Å². The summed E-state index contributed by atoms with van der Waals surface area (Å²) in [6, 6.07) is 16.0. The molecule has 2 aliphatic rings. The third kappa shape index (κ3) is 4.45. The molecule has 0 saturated carbocycles. The van der Waals surface area contributed by atoms with Gasteiger partial charge >= 0.3 is 0 Å². The van der Waals surface area contributed by atoms with Crippen molar-refractivity contribution in [3.05, 3.63) is 59.7 Å². The lowest BCUT2D eigenvalue weighted by molar-refractivity contribution is -0.143. The first-order valence-corrected chi connectivity index (χ1v) is 10.7. The van der Waals surface area contributed by atoms with Crippen LogP contribution in [0.1, 0.15) is 37.0 Å². The molecule has 0 N–H and O–H groups in total. The minimum atomic E-state index is -0.614. The van der Waals surface area contributed by atoms with Gasteiger partial charge in [-0.1, -0.05) is 43.3 Å². The maximum atomic E-state index is 13.6. The molecule has 2 aromatic carbocycles. The fraction of sp³-hybridized carbons (Fsp3) is 0.458. The van der Waals surface area contributed by atoms with Gasteiger partial charge in [0.25, 0.3) is 5.91 Å². The molecule has 0 spiro atoms. The zero-order chi connectivity index (χ0) is 20.9. The van der Waals surface area contributed by atoms with E-state index < -0.39 is 6.10 Å². The van der Waals surface area contributed by atoms with Gasteiger partial charge in [0.15, 0.2) is 17.6 Å². The smallest absolute Gasteiger partial charge is 0.256 e. The molecular formula is C24H30N2O4. The Morgan fingerprint density at radius 2 is 2.00 bits per heavy atom. The zero-order valence-electron chi connectivity index (χ0n) is 17.8. The number of hydrogen-bond donors (Lipinski definition) is 0. The Morgan fingerprint density at radius 3 is 2.77 bits per heavy atom. The summed E-state index contributed by atoms with van der Waals surface area (Å²) in [6.45, 7) is 5.73. The summed E-state index contributed by atoms with van der Waals surface area (Å²) in [5.41, 5.74) is 1.90. The summed E-state index contributed by atoms with van der Waals surface area (Å²) < 4.78 is 16.6. The first-order chi connectivity index (χ1) is 14.7. The molecule has 4 rings (SSSR count). The van der Waals surface area contributed by atoms with Gasteiger partial charge in [-0.3, -0.25) is 9.69 Å². The van der Waals surface area contributed by atoms with Crippen LogP contribution in [0, 0.1) is 0 Å². The quantitative estimate of drug-likeness (QED) is 0.665. The number of ether oxygens (including phenoxy) is 3. The van der Waals surface area contributed by atoms with Crippen molar-refractivity contribution in [2.45, 2.75) is 38.5 Å². The third-order valence-corrected chi connectivity index (χ3v) is 6.02. The van der Waals surface area contributed by atoms with Crippen LogP contribution < -0.4 is 9.47 Å². The van der Waals surface area contributed by atoms with E-state index in [0.717, 1.165) is 42.1 Å². The number of amides is 1. The Balaban J connectivity index is 1.58. The molecule has 2 aliphatic heterocycles. The van der Waals surface area contributed by atoms with Gasteiger partial charge in [-0.15, -0.1) is 0 Å². The Labute approximate surface area is 178 Å². The largest absolute Gasteiger partial charge is 0.454 e. The summed E-state index contributed by atoms with van der Waals surface area (Å²) in [6.07, 6.45) is 1.68. The number of likely N-dealkylation sites (tertiary alicyclic amines) is 1. The van der Waals surface area contributed by atoms with Gasteiger partial charge < -0.3 is 19.1 Å². The number of carbonyl (C=O) groups is 1. The molecule has 6 nitrogen and oxygen atoms in total. The number of carbonyl (C=O) groups excluding carboxylic acids is 1. The van der Waals surface area contributed by atoms with Gasteiger partial charge in [0.1, 0.15) is 0 Å². The van der Waals surface area contributed by atoms with E-state index in [1.54, 1.807) is 7.11 Å². The zero-order valence-corrected chi connectivity index (χ0v) is 17.8. The fourth-order valence-corrected chi connectivity index (χ4v) is 4.44. The second-order valence-corrected chi connectivity index (χ2v) is 7.86. The van der Waals surface area contributed by atoms with Gasteiger partial charge in [0.05, 0.1) is 0 Å². The van der Waals surface area contributed by atoms with Crippen molar-refractivity contribution >= 4 is 5.91 Å². The minimum Gasteiger partial charge on any atom is -0.454 e. The predicted octanol–water partition coefficient (Wildman–Crippen LogP) is 3.62. The molecule has 30 heavy (non-hydrogen) atoms. The lowest BCUT2D eigenvalue weighted by Crippen LogP contribution is -2.44. The van der Waals surface area contributed by atoms with Crippen LogP contribution in [-0.2, 0) is 16.1 Å². The van der Waals surface area contributed by atoms with Gasteiger partial charge in [0.2, 0.25) is 6.79 Å². The van der Waals surface area contributed by atoms with Crippen LogP contribution in [-0.4, -0.2) is 55.3 Å². The normalized spacial score (nSPS) is 19.1. The monoisotopic (exact) mass is 410 g/mol. The molecule has 0 radical (unpaired) electrons. The van der Waals surface area contributed by atoms with Gasteiger partial charge in [-0.25, -0.2) is 0 Å². The van der Waals surface area contributed by atoms with Crippen LogP contribution in [0.2, 0.25) is 0 Å². The average molecular weight is 411 g/mol. The summed E-state index contributed by atoms with van der Waals surface area (Å²) in [4.78, 5) is 18.0. The molecule has 0 aliphatic carbocycles. The van der Waals surface area contributed by atoms with E-state index in [2.05, 4.69) is 11.8 Å². The number of methoxy groups -OCH3 is 1. The van der Waals surface area contributed by atoms with Crippen LogP contribution in [0.15, 0.2) is 48.5 Å². The number of likely N-dealkylation sites (N-methyl/N-ethyl adjacent to an activating group) is 1. The number of hydrogen-bond acceptors (Lipinski definition) is 5. The Hall–Kier alpha value is -2.57. The van der Waals surface area contributed by atoms with E-state index >= 15 is 0 Å². The van der Waals surface area contributed by atoms with E-state index in [1.165, 1.54) is 6.42 Å². The van der Waals surface area contributed by atoms with Gasteiger partial charge in [-0.2, -0.15) is 0 Å². The molecule has 0 bridgehead atoms. The predicted molar refractivity (Wildman–Crippen MR) is 114 cm³/mol. The standard InChI is InChI=1S/C24H30N2O4/c1-3-25-13-7-10-20(25)16-26(15-18-11-12-21-22(14-18)30-17-29-21)24(27)23(28-2)19-8-5-4-6-9-19/h4-6,8-9,11-12,14,20,23H,3,7,10,13,15-17H2,1-2H3/t20-,23-/m1/s1. The molecule has 0 aromatic heterocycles. The van der Waals surface area contributed by atoms with Crippen molar-refractivity contribution in [1.29, 1.82) is 0 Å². The fourth-order valence-electron chi connectivity index (χ4n) is 4.44. The van der Waals surface area contributed by atoms with Crippen LogP contribution in [0.5, 0.6) is 11.5 Å². The maximum absolute atomic E-state index is 13.6.